The number of para-hydroxylation sites is 4. The van der Waals surface area contributed by atoms with Gasteiger partial charge in [0.1, 0.15) is 11.2 Å². The van der Waals surface area contributed by atoms with Crippen molar-refractivity contribution in [1.82, 2.24) is 0 Å². The first-order valence-corrected chi connectivity index (χ1v) is 25.1. The van der Waals surface area contributed by atoms with Gasteiger partial charge in [0.2, 0.25) is 0 Å². The highest BCUT2D eigenvalue weighted by molar-refractivity contribution is 6.29. The van der Waals surface area contributed by atoms with Crippen molar-refractivity contribution in [3.63, 3.8) is 0 Å². The number of furan rings is 2. The number of rotatable bonds is 10. The molecule has 0 N–H and O–H groups in total. The largest absolute Gasteiger partial charge is 0.454 e. The highest BCUT2D eigenvalue weighted by atomic mass is 16.3. The Kier molecular flexibility index (Phi) is 9.99. The van der Waals surface area contributed by atoms with Crippen LogP contribution < -0.4 is 9.80 Å². The van der Waals surface area contributed by atoms with Crippen LogP contribution >= 0.6 is 0 Å². The third kappa shape index (κ3) is 6.56. The molecule has 0 aliphatic heterocycles. The van der Waals surface area contributed by atoms with E-state index in [1.807, 2.05) is 0 Å². The first-order chi connectivity index (χ1) is 33.8. The topological polar surface area (TPSA) is 32.8 Å². The maximum absolute atomic E-state index is 7.19. The number of nitrogens with zero attached hydrogens (tertiary/aromatic N) is 2. The lowest BCUT2D eigenvalue weighted by Gasteiger charge is -2.30. The van der Waals surface area contributed by atoms with Crippen molar-refractivity contribution in [3.8, 4) is 0 Å². The molecule has 0 aliphatic carbocycles. The summed E-state index contributed by atoms with van der Waals surface area (Å²) in [4.78, 5) is 4.92. The molecule has 0 bridgehead atoms. The molecule has 12 aromatic rings. The van der Waals surface area contributed by atoms with Crippen LogP contribution in [-0.4, -0.2) is 0 Å². The fourth-order valence-corrected chi connectivity index (χ4v) is 11.3. The van der Waals surface area contributed by atoms with Gasteiger partial charge in [-0.15, -0.1) is 0 Å². The molecule has 4 heteroatoms. The summed E-state index contributed by atoms with van der Waals surface area (Å²) in [5.41, 5.74) is 17.4. The van der Waals surface area contributed by atoms with E-state index >= 15 is 0 Å². The maximum Gasteiger partial charge on any atom is 0.159 e. The lowest BCUT2D eigenvalue weighted by atomic mass is 9.81. The third-order valence-corrected chi connectivity index (χ3v) is 16.0. The molecule has 0 saturated heterocycles. The second-order valence-electron chi connectivity index (χ2n) is 21.2. The molecule has 0 unspecified atom stereocenters. The molecule has 0 saturated carbocycles. The van der Waals surface area contributed by atoms with E-state index in [1.165, 1.54) is 65.7 Å². The first-order valence-electron chi connectivity index (χ1n) is 25.1. The summed E-state index contributed by atoms with van der Waals surface area (Å²) in [5, 5.41) is 11.8. The Bertz CT molecular complexity index is 3790. The van der Waals surface area contributed by atoms with Gasteiger partial charge in [-0.3, -0.25) is 0 Å². The monoisotopic (exact) mass is 912 g/mol. The second kappa shape index (κ2) is 16.0. The minimum atomic E-state index is -0.0488. The zero-order valence-corrected chi connectivity index (χ0v) is 42.1. The smallest absolute Gasteiger partial charge is 0.159 e. The second-order valence-corrected chi connectivity index (χ2v) is 21.2. The summed E-state index contributed by atoms with van der Waals surface area (Å²) in [6.45, 7) is 22.6. The van der Waals surface area contributed by atoms with Crippen LogP contribution in [0, 0.1) is 27.7 Å². The number of hydrogen-bond donors (Lipinski definition) is 0. The standard InChI is InChI=1S/C66H60N2O2/c1-11-65(7,8)51-21-13-17-45-47-19-15-23-55(63(47)69-61(45)51)67(57-37-39(3)25-27-41(57)5)53-35-31-43-30-34-50-54(36-32-44-29-33-49(53)59(43)60(44)50)68(58-38-40(4)26-28-42(58)6)56-24-16-20-48-46-18-14-22-52(66(9,10)12-2)62(46)70-64(48)56/h13-38H,11-12H2,1-10H3. The maximum atomic E-state index is 7.19. The Labute approximate surface area is 411 Å². The van der Waals surface area contributed by atoms with Gasteiger partial charge in [-0.2, -0.15) is 0 Å². The summed E-state index contributed by atoms with van der Waals surface area (Å²) in [6, 6.07) is 58.7. The molecule has 0 aliphatic rings. The lowest BCUT2D eigenvalue weighted by Crippen LogP contribution is -2.15. The van der Waals surface area contributed by atoms with Crippen LogP contribution in [0.5, 0.6) is 0 Å². The predicted octanol–water partition coefficient (Wildman–Crippen LogP) is 19.9. The van der Waals surface area contributed by atoms with Crippen LogP contribution in [0.4, 0.5) is 34.1 Å². The molecule has 0 spiro atoms. The van der Waals surface area contributed by atoms with E-state index in [4.69, 9.17) is 8.83 Å². The Morgan fingerprint density at radius 3 is 1.13 bits per heavy atom. The van der Waals surface area contributed by atoms with Gasteiger partial charge in [0.25, 0.3) is 0 Å². The molecule has 70 heavy (non-hydrogen) atoms. The van der Waals surface area contributed by atoms with E-state index in [0.29, 0.717) is 0 Å². The number of aryl methyl sites for hydroxylation is 4. The van der Waals surface area contributed by atoms with Gasteiger partial charge in [-0.1, -0.05) is 163 Å². The molecular formula is C66H60N2O2. The zero-order valence-electron chi connectivity index (χ0n) is 42.1. The summed E-state index contributed by atoms with van der Waals surface area (Å²) in [7, 11) is 0. The fraction of sp³-hybridized carbons (Fsp3) is 0.212. The highest BCUT2D eigenvalue weighted by Gasteiger charge is 2.30. The Morgan fingerprint density at radius 1 is 0.357 bits per heavy atom. The van der Waals surface area contributed by atoms with Crippen molar-refractivity contribution in [2.75, 3.05) is 9.80 Å². The van der Waals surface area contributed by atoms with E-state index in [2.05, 4.69) is 237 Å². The highest BCUT2D eigenvalue weighted by Crippen LogP contribution is 2.52. The van der Waals surface area contributed by atoms with Crippen molar-refractivity contribution in [3.05, 3.63) is 191 Å². The minimum Gasteiger partial charge on any atom is -0.454 e. The minimum absolute atomic E-state index is 0.0488. The van der Waals surface area contributed by atoms with Crippen LogP contribution in [0.15, 0.2) is 167 Å². The molecule has 2 aromatic heterocycles. The molecule has 10 aromatic carbocycles. The summed E-state index contributed by atoms with van der Waals surface area (Å²) in [5.74, 6) is 0. The first kappa shape index (κ1) is 43.7. The van der Waals surface area contributed by atoms with Crippen LogP contribution in [0.25, 0.3) is 76.2 Å². The van der Waals surface area contributed by atoms with Crippen molar-refractivity contribution >= 4 is 110 Å². The lowest BCUT2D eigenvalue weighted by molar-refractivity contribution is 0.500. The molecular weight excluding hydrogens is 853 g/mol. The summed E-state index contributed by atoms with van der Waals surface area (Å²) < 4.78 is 14.4. The Morgan fingerprint density at radius 2 is 0.729 bits per heavy atom. The Balaban J connectivity index is 1.14. The molecule has 0 atom stereocenters. The predicted molar refractivity (Wildman–Crippen MR) is 300 cm³/mol. The number of hydrogen-bond acceptors (Lipinski definition) is 4. The Hall–Kier alpha value is -7.56. The van der Waals surface area contributed by atoms with Gasteiger partial charge < -0.3 is 18.6 Å². The number of benzene rings is 10. The normalized spacial score (nSPS) is 12.5. The van der Waals surface area contributed by atoms with Crippen LogP contribution in [-0.2, 0) is 10.8 Å². The van der Waals surface area contributed by atoms with Gasteiger partial charge in [0.05, 0.1) is 22.7 Å². The van der Waals surface area contributed by atoms with Crippen LogP contribution in [0.3, 0.4) is 0 Å². The molecule has 0 amide bonds. The molecule has 2 heterocycles. The molecule has 0 radical (unpaired) electrons. The van der Waals surface area contributed by atoms with E-state index in [1.54, 1.807) is 0 Å². The SMILES string of the molecule is CCC(C)(C)c1cccc2c1oc1c(N(c3cc(C)ccc3C)c3ccc4ccc5c(N(c6cc(C)ccc6C)c6cccc7c6oc6c(C(C)(C)CC)cccc67)ccc6ccc3c4c65)cccc12. The number of anilines is 6. The van der Waals surface area contributed by atoms with Crippen molar-refractivity contribution in [2.24, 2.45) is 0 Å². The van der Waals surface area contributed by atoms with Gasteiger partial charge in [0, 0.05) is 54.8 Å². The van der Waals surface area contributed by atoms with Crippen molar-refractivity contribution in [2.45, 2.75) is 92.9 Å². The fourth-order valence-electron chi connectivity index (χ4n) is 11.3. The summed E-state index contributed by atoms with van der Waals surface area (Å²) >= 11 is 0. The molecule has 0 fully saturated rings. The summed E-state index contributed by atoms with van der Waals surface area (Å²) in [6.07, 6.45) is 2.01. The van der Waals surface area contributed by atoms with Crippen LogP contribution in [0.2, 0.25) is 0 Å². The van der Waals surface area contributed by atoms with E-state index < -0.39 is 0 Å². The zero-order chi connectivity index (χ0) is 48.4. The van der Waals surface area contributed by atoms with Crippen LogP contribution in [0.1, 0.15) is 87.8 Å². The van der Waals surface area contributed by atoms with Gasteiger partial charge >= 0.3 is 0 Å². The average molecular weight is 913 g/mol. The molecule has 4 nitrogen and oxygen atoms in total. The average Bonchev–Trinajstić information content (AvgIpc) is 3.96. The number of fused-ring (bicyclic) bond motifs is 6. The van der Waals surface area contributed by atoms with Crippen molar-refractivity contribution in [1.29, 1.82) is 0 Å². The van der Waals surface area contributed by atoms with Gasteiger partial charge in [-0.25, -0.2) is 0 Å². The van der Waals surface area contributed by atoms with E-state index in [9.17, 15) is 0 Å². The molecule has 346 valence electrons. The van der Waals surface area contributed by atoms with E-state index in [-0.39, 0.29) is 10.8 Å². The quantitative estimate of drug-likeness (QED) is 0.128. The van der Waals surface area contributed by atoms with E-state index in [0.717, 1.165) is 90.8 Å². The van der Waals surface area contributed by atoms with Crippen molar-refractivity contribution < 1.29 is 8.83 Å². The third-order valence-electron chi connectivity index (χ3n) is 16.0. The van der Waals surface area contributed by atoms with Gasteiger partial charge in [-0.05, 0) is 132 Å². The molecule has 12 rings (SSSR count). The van der Waals surface area contributed by atoms with Gasteiger partial charge in [0.15, 0.2) is 11.2 Å².